The maximum absolute atomic E-state index is 11.9. The van der Waals surface area contributed by atoms with Crippen molar-refractivity contribution in [3.05, 3.63) is 0 Å². The Balaban J connectivity index is 2.51. The molecule has 2 heteroatoms. The molecule has 0 radical (unpaired) electrons. The van der Waals surface area contributed by atoms with Crippen molar-refractivity contribution in [2.24, 2.45) is 11.3 Å². The van der Waals surface area contributed by atoms with Crippen LogP contribution in [0.4, 0.5) is 0 Å². The number of carbonyl (C=O) groups is 1. The molecule has 0 aromatic rings. The Kier molecular flexibility index (Phi) is 3.71. The van der Waals surface area contributed by atoms with Gasteiger partial charge >= 0.3 is 0 Å². The Morgan fingerprint density at radius 2 is 2.00 bits per heavy atom. The topological polar surface area (TPSA) is 26.3 Å². The highest BCUT2D eigenvalue weighted by atomic mass is 16.5. The van der Waals surface area contributed by atoms with Gasteiger partial charge < -0.3 is 4.74 Å². The highest BCUT2D eigenvalue weighted by Gasteiger charge is 2.35. The molecule has 0 aromatic carbocycles. The Hall–Kier alpha value is -0.370. The molecule has 1 unspecified atom stereocenters. The minimum atomic E-state index is -0.215. The van der Waals surface area contributed by atoms with Gasteiger partial charge in [-0.1, -0.05) is 20.8 Å². The second kappa shape index (κ2) is 4.43. The first-order valence-corrected chi connectivity index (χ1v) is 5.59. The van der Waals surface area contributed by atoms with Gasteiger partial charge in [0.25, 0.3) is 0 Å². The molecule has 1 rings (SSSR count). The first kappa shape index (κ1) is 11.7. The Morgan fingerprint density at radius 1 is 1.43 bits per heavy atom. The van der Waals surface area contributed by atoms with Crippen molar-refractivity contribution in [2.45, 2.75) is 53.1 Å². The summed E-state index contributed by atoms with van der Waals surface area (Å²) in [5.74, 6) is 0.953. The number of Topliss-reactive ketones (excluding diaryl/α,β-unsaturated/α-hetero) is 1. The summed E-state index contributed by atoms with van der Waals surface area (Å²) in [5, 5.41) is 0. The maximum atomic E-state index is 11.9. The number of ketones is 1. The van der Waals surface area contributed by atoms with Crippen LogP contribution < -0.4 is 0 Å². The number of rotatable bonds is 5. The summed E-state index contributed by atoms with van der Waals surface area (Å²) in [7, 11) is 0. The first-order chi connectivity index (χ1) is 6.45. The lowest BCUT2D eigenvalue weighted by atomic mass is 9.85. The molecule has 0 N–H and O–H groups in total. The molecule has 0 aliphatic heterocycles. The summed E-state index contributed by atoms with van der Waals surface area (Å²) in [6.45, 7) is 8.77. The molecule has 14 heavy (non-hydrogen) atoms. The van der Waals surface area contributed by atoms with Crippen LogP contribution in [0.3, 0.4) is 0 Å². The maximum Gasteiger partial charge on any atom is 0.162 e. The van der Waals surface area contributed by atoms with E-state index in [1.165, 1.54) is 12.8 Å². The molecule has 1 saturated carbocycles. The highest BCUT2D eigenvalue weighted by Crippen LogP contribution is 2.35. The van der Waals surface area contributed by atoms with Gasteiger partial charge in [-0.2, -0.15) is 0 Å². The van der Waals surface area contributed by atoms with E-state index >= 15 is 0 Å². The Morgan fingerprint density at radius 3 is 2.36 bits per heavy atom. The van der Waals surface area contributed by atoms with Gasteiger partial charge in [0.1, 0.15) is 6.10 Å². The quantitative estimate of drug-likeness (QED) is 0.679. The van der Waals surface area contributed by atoms with E-state index in [0.717, 1.165) is 6.42 Å². The van der Waals surface area contributed by atoms with Crippen LogP contribution in [-0.2, 0) is 9.53 Å². The second-order valence-electron chi connectivity index (χ2n) is 5.32. The molecule has 0 saturated heterocycles. The summed E-state index contributed by atoms with van der Waals surface area (Å²) < 4.78 is 5.55. The number of hydrogen-bond acceptors (Lipinski definition) is 2. The minimum absolute atomic E-state index is 0.0675. The zero-order chi connectivity index (χ0) is 10.8. The van der Waals surface area contributed by atoms with E-state index in [0.29, 0.717) is 18.3 Å². The van der Waals surface area contributed by atoms with Gasteiger partial charge in [-0.25, -0.2) is 0 Å². The van der Waals surface area contributed by atoms with Crippen molar-refractivity contribution >= 4 is 5.78 Å². The monoisotopic (exact) mass is 198 g/mol. The molecule has 0 spiro atoms. The average Bonchev–Trinajstić information content (AvgIpc) is 2.81. The van der Waals surface area contributed by atoms with Gasteiger partial charge in [0.15, 0.2) is 5.78 Å². The van der Waals surface area contributed by atoms with Crippen LogP contribution in [0.15, 0.2) is 0 Å². The standard InChI is InChI=1S/C12H22O2/c1-5-14-11(12(2,3)4)10(13)8-9-6-7-9/h9,11H,5-8H2,1-4H3. The number of carbonyl (C=O) groups excluding carboxylic acids is 1. The molecule has 1 fully saturated rings. The van der Waals surface area contributed by atoms with Crippen LogP contribution in [0, 0.1) is 11.3 Å². The van der Waals surface area contributed by atoms with Crippen LogP contribution in [-0.4, -0.2) is 18.5 Å². The van der Waals surface area contributed by atoms with Crippen molar-refractivity contribution in [2.75, 3.05) is 6.61 Å². The Labute approximate surface area is 87.0 Å². The molecule has 0 amide bonds. The van der Waals surface area contributed by atoms with Crippen LogP contribution in [0.5, 0.6) is 0 Å². The normalized spacial score (nSPS) is 19.4. The lowest BCUT2D eigenvalue weighted by molar-refractivity contribution is -0.137. The van der Waals surface area contributed by atoms with Crippen molar-refractivity contribution in [3.63, 3.8) is 0 Å². The van der Waals surface area contributed by atoms with Crippen LogP contribution in [0.25, 0.3) is 0 Å². The second-order valence-corrected chi connectivity index (χ2v) is 5.32. The fraction of sp³-hybridized carbons (Fsp3) is 0.917. The lowest BCUT2D eigenvalue weighted by Gasteiger charge is -2.29. The van der Waals surface area contributed by atoms with Crippen LogP contribution >= 0.6 is 0 Å². The molecule has 1 aliphatic carbocycles. The summed E-state index contributed by atoms with van der Waals surface area (Å²) in [4.78, 5) is 11.9. The third-order valence-electron chi connectivity index (χ3n) is 2.60. The van der Waals surface area contributed by atoms with Crippen molar-refractivity contribution < 1.29 is 9.53 Å². The van der Waals surface area contributed by atoms with E-state index in [-0.39, 0.29) is 11.5 Å². The third-order valence-corrected chi connectivity index (χ3v) is 2.60. The van der Waals surface area contributed by atoms with E-state index in [2.05, 4.69) is 20.8 Å². The fourth-order valence-electron chi connectivity index (χ4n) is 1.71. The fourth-order valence-corrected chi connectivity index (χ4v) is 1.71. The van der Waals surface area contributed by atoms with Crippen molar-refractivity contribution in [3.8, 4) is 0 Å². The van der Waals surface area contributed by atoms with Gasteiger partial charge in [0.05, 0.1) is 0 Å². The summed E-state index contributed by atoms with van der Waals surface area (Å²) in [5.41, 5.74) is -0.0675. The van der Waals surface area contributed by atoms with Gasteiger partial charge in [-0.15, -0.1) is 0 Å². The van der Waals surface area contributed by atoms with Gasteiger partial charge in [-0.05, 0) is 31.1 Å². The van der Waals surface area contributed by atoms with E-state index in [9.17, 15) is 4.79 Å². The van der Waals surface area contributed by atoms with E-state index in [1.54, 1.807) is 0 Å². The highest BCUT2D eigenvalue weighted by molar-refractivity contribution is 5.84. The molecular weight excluding hydrogens is 176 g/mol. The largest absolute Gasteiger partial charge is 0.370 e. The Bertz CT molecular complexity index is 199. The molecule has 82 valence electrons. The first-order valence-electron chi connectivity index (χ1n) is 5.59. The molecule has 1 aliphatic rings. The van der Waals surface area contributed by atoms with E-state index in [1.807, 2.05) is 6.92 Å². The smallest absolute Gasteiger partial charge is 0.162 e. The number of hydrogen-bond donors (Lipinski definition) is 0. The molecule has 2 nitrogen and oxygen atoms in total. The third kappa shape index (κ3) is 3.41. The van der Waals surface area contributed by atoms with Gasteiger partial charge in [0, 0.05) is 13.0 Å². The predicted molar refractivity (Wildman–Crippen MR) is 57.2 cm³/mol. The van der Waals surface area contributed by atoms with Gasteiger partial charge in [-0.3, -0.25) is 4.79 Å². The molecule has 0 aromatic heterocycles. The van der Waals surface area contributed by atoms with Crippen LogP contribution in [0.2, 0.25) is 0 Å². The summed E-state index contributed by atoms with van der Waals surface area (Å²) in [6.07, 6.45) is 2.97. The van der Waals surface area contributed by atoms with Gasteiger partial charge in [0.2, 0.25) is 0 Å². The van der Waals surface area contributed by atoms with E-state index < -0.39 is 0 Å². The summed E-state index contributed by atoms with van der Waals surface area (Å²) >= 11 is 0. The predicted octanol–water partition coefficient (Wildman–Crippen LogP) is 2.81. The zero-order valence-electron chi connectivity index (χ0n) is 9.80. The molecule has 0 bridgehead atoms. The molecule has 0 heterocycles. The lowest BCUT2D eigenvalue weighted by Crippen LogP contribution is -2.37. The average molecular weight is 198 g/mol. The van der Waals surface area contributed by atoms with Crippen molar-refractivity contribution in [1.29, 1.82) is 0 Å². The summed E-state index contributed by atoms with van der Waals surface area (Å²) in [6, 6.07) is 0. The van der Waals surface area contributed by atoms with E-state index in [4.69, 9.17) is 4.74 Å². The minimum Gasteiger partial charge on any atom is -0.370 e. The van der Waals surface area contributed by atoms with Crippen LogP contribution in [0.1, 0.15) is 47.0 Å². The number of ether oxygens (including phenoxy) is 1. The molecular formula is C12H22O2. The zero-order valence-corrected chi connectivity index (χ0v) is 9.80. The SMILES string of the molecule is CCOC(C(=O)CC1CC1)C(C)(C)C. The van der Waals surface area contributed by atoms with Crippen molar-refractivity contribution in [1.82, 2.24) is 0 Å². The molecule has 1 atom stereocenters.